The fraction of sp³-hybridized carbons (Fsp3) is 0.220. The number of hydrogen-bond donors (Lipinski definition) is 2. The molecule has 0 heterocycles. The van der Waals surface area contributed by atoms with Gasteiger partial charge in [-0.05, 0) is 63.2 Å². The van der Waals surface area contributed by atoms with Crippen LogP contribution in [0.3, 0.4) is 0 Å². The van der Waals surface area contributed by atoms with E-state index in [9.17, 15) is 44.7 Å². The maximum Gasteiger partial charge on any atom is 0.461 e. The molecular formula is C41H31F9N2O4. The second kappa shape index (κ2) is 16.0. The lowest BCUT2D eigenvalue weighted by Crippen LogP contribution is -2.56. The van der Waals surface area contributed by atoms with Crippen LogP contribution in [0.1, 0.15) is 40.2 Å². The van der Waals surface area contributed by atoms with Crippen molar-refractivity contribution in [3.05, 3.63) is 161 Å². The lowest BCUT2D eigenvalue weighted by atomic mass is 9.77. The van der Waals surface area contributed by atoms with Gasteiger partial charge in [-0.2, -0.15) is 30.7 Å². The predicted octanol–water partition coefficient (Wildman–Crippen LogP) is 9.66. The SMILES string of the molecule is O=C(N[C@H](CC(F)(F)F)C(=O)N[C@](Cc1ccccc1)(c1ccc(F)cc1)c1cc(F)cc(OC(F)(F)C(F)F)c1)OCC1c2ccccc2-c2ccccc21. The van der Waals surface area contributed by atoms with Crippen LogP contribution < -0.4 is 15.4 Å². The summed E-state index contributed by atoms with van der Waals surface area (Å²) >= 11 is 0. The second-order valence-electron chi connectivity index (χ2n) is 13.0. The molecule has 15 heteroatoms. The molecule has 5 aromatic carbocycles. The highest BCUT2D eigenvalue weighted by Gasteiger charge is 2.46. The quantitative estimate of drug-likeness (QED) is 0.117. The van der Waals surface area contributed by atoms with Gasteiger partial charge < -0.3 is 20.1 Å². The second-order valence-corrected chi connectivity index (χ2v) is 13.0. The summed E-state index contributed by atoms with van der Waals surface area (Å²) in [5, 5.41) is 4.41. The number of halogens is 9. The third-order valence-electron chi connectivity index (χ3n) is 9.25. The summed E-state index contributed by atoms with van der Waals surface area (Å²) in [6, 6.07) is 25.8. The molecule has 0 bridgehead atoms. The number of hydrogen-bond acceptors (Lipinski definition) is 4. The number of benzene rings is 5. The van der Waals surface area contributed by atoms with Crippen molar-refractivity contribution in [2.75, 3.05) is 6.61 Å². The molecule has 2 N–H and O–H groups in total. The van der Waals surface area contributed by atoms with Crippen LogP contribution in [-0.4, -0.2) is 43.4 Å². The van der Waals surface area contributed by atoms with Crippen LogP contribution in [-0.2, 0) is 21.5 Å². The number of ether oxygens (including phenoxy) is 2. The van der Waals surface area contributed by atoms with Crippen molar-refractivity contribution < 1.29 is 58.6 Å². The molecule has 0 aliphatic heterocycles. The van der Waals surface area contributed by atoms with Gasteiger partial charge in [0.05, 0.1) is 12.0 Å². The lowest BCUT2D eigenvalue weighted by molar-refractivity contribution is -0.253. The molecule has 2 amide bonds. The van der Waals surface area contributed by atoms with E-state index in [4.69, 9.17) is 4.74 Å². The summed E-state index contributed by atoms with van der Waals surface area (Å²) < 4.78 is 136. The van der Waals surface area contributed by atoms with Crippen LogP contribution in [0.4, 0.5) is 44.3 Å². The van der Waals surface area contributed by atoms with E-state index in [1.54, 1.807) is 30.3 Å². The molecule has 1 aliphatic carbocycles. The maximum absolute atomic E-state index is 15.2. The van der Waals surface area contributed by atoms with Crippen molar-refractivity contribution in [3.8, 4) is 16.9 Å². The zero-order valence-corrected chi connectivity index (χ0v) is 28.9. The highest BCUT2D eigenvalue weighted by atomic mass is 19.4. The van der Waals surface area contributed by atoms with Crippen molar-refractivity contribution in [3.63, 3.8) is 0 Å². The summed E-state index contributed by atoms with van der Waals surface area (Å²) in [4.78, 5) is 27.4. The van der Waals surface area contributed by atoms with Crippen molar-refractivity contribution >= 4 is 12.0 Å². The van der Waals surface area contributed by atoms with Crippen LogP contribution in [0.5, 0.6) is 5.75 Å². The van der Waals surface area contributed by atoms with Gasteiger partial charge in [0.15, 0.2) is 0 Å². The Hall–Kier alpha value is -5.99. The fourth-order valence-electron chi connectivity index (χ4n) is 6.79. The predicted molar refractivity (Wildman–Crippen MR) is 186 cm³/mol. The van der Waals surface area contributed by atoms with Crippen LogP contribution >= 0.6 is 0 Å². The summed E-state index contributed by atoms with van der Waals surface area (Å²) in [7, 11) is 0. The third-order valence-corrected chi connectivity index (χ3v) is 9.25. The molecule has 0 saturated heterocycles. The molecule has 0 radical (unpaired) electrons. The van der Waals surface area contributed by atoms with Gasteiger partial charge in [0.1, 0.15) is 30.0 Å². The van der Waals surface area contributed by atoms with Gasteiger partial charge in [-0.1, -0.05) is 91.0 Å². The fourth-order valence-corrected chi connectivity index (χ4v) is 6.79. The van der Waals surface area contributed by atoms with Gasteiger partial charge in [-0.3, -0.25) is 4.79 Å². The van der Waals surface area contributed by atoms with E-state index in [2.05, 4.69) is 10.1 Å². The van der Waals surface area contributed by atoms with Crippen molar-refractivity contribution in [2.24, 2.45) is 0 Å². The first-order valence-electron chi connectivity index (χ1n) is 17.0. The van der Waals surface area contributed by atoms with Crippen molar-refractivity contribution in [2.45, 2.75) is 49.1 Å². The Morgan fingerprint density at radius 3 is 1.88 bits per heavy atom. The molecule has 56 heavy (non-hydrogen) atoms. The number of fused-ring (bicyclic) bond motifs is 3. The van der Waals surface area contributed by atoms with E-state index in [1.165, 1.54) is 12.1 Å². The molecule has 5 aromatic rings. The Balaban J connectivity index is 1.37. The van der Waals surface area contributed by atoms with Gasteiger partial charge in [-0.15, -0.1) is 0 Å². The van der Waals surface area contributed by atoms with Gasteiger partial charge in [0.25, 0.3) is 0 Å². The topological polar surface area (TPSA) is 76.7 Å². The number of carbonyl (C=O) groups excluding carboxylic acids is 2. The maximum atomic E-state index is 15.2. The Morgan fingerprint density at radius 2 is 1.29 bits per heavy atom. The zero-order chi connectivity index (χ0) is 40.3. The Labute approximate surface area is 314 Å². The Bertz CT molecular complexity index is 2140. The zero-order valence-electron chi connectivity index (χ0n) is 28.9. The molecule has 2 atom stereocenters. The molecule has 0 aromatic heterocycles. The highest BCUT2D eigenvalue weighted by molar-refractivity contribution is 5.87. The number of amides is 2. The van der Waals surface area contributed by atoms with Crippen LogP contribution in [0.2, 0.25) is 0 Å². The first kappa shape index (κ1) is 39.7. The van der Waals surface area contributed by atoms with Crippen LogP contribution in [0.15, 0.2) is 121 Å². The molecule has 0 fully saturated rings. The summed E-state index contributed by atoms with van der Waals surface area (Å²) in [6.07, 6.45) is -18.3. The molecule has 0 saturated carbocycles. The minimum Gasteiger partial charge on any atom is -0.449 e. The van der Waals surface area contributed by atoms with Crippen molar-refractivity contribution in [1.29, 1.82) is 0 Å². The average Bonchev–Trinajstić information content (AvgIpc) is 3.46. The molecule has 1 aliphatic rings. The monoisotopic (exact) mass is 786 g/mol. The van der Waals surface area contributed by atoms with Gasteiger partial charge in [0.2, 0.25) is 5.91 Å². The van der Waals surface area contributed by atoms with E-state index in [0.29, 0.717) is 17.7 Å². The van der Waals surface area contributed by atoms with E-state index < -0.39 is 84.0 Å². The van der Waals surface area contributed by atoms with E-state index >= 15 is 4.39 Å². The first-order chi connectivity index (χ1) is 26.5. The standard InChI is InChI=1S/C41H31F9N2O4/c42-27-16-14-25(15-17-27)39(21-24-8-2-1-3-9-24,26-18-28(43)20-29(19-26)56-41(49,50)37(44)45)52-36(53)35(22-40(46,47)48)51-38(54)55-23-34-32-12-6-4-10-30(32)31-11-5-7-13-33(31)34/h1-20,34-35,37H,21-23H2,(H,51,54)(H,52,53)/t35-,39-/m1/s1. The minimum atomic E-state index is -5.10. The minimum absolute atomic E-state index is 0.0971. The van der Waals surface area contributed by atoms with Gasteiger partial charge >= 0.3 is 24.8 Å². The molecule has 292 valence electrons. The first-order valence-corrected chi connectivity index (χ1v) is 17.0. The summed E-state index contributed by atoms with van der Waals surface area (Å²) in [6.45, 7) is -0.316. The molecule has 0 unspecified atom stereocenters. The van der Waals surface area contributed by atoms with Crippen LogP contribution in [0, 0.1) is 11.6 Å². The van der Waals surface area contributed by atoms with Gasteiger partial charge in [0, 0.05) is 18.4 Å². The van der Waals surface area contributed by atoms with E-state index in [-0.39, 0.29) is 12.2 Å². The molecule has 6 nitrogen and oxygen atoms in total. The van der Waals surface area contributed by atoms with E-state index in [0.717, 1.165) is 52.6 Å². The molecular weight excluding hydrogens is 755 g/mol. The number of alkyl carbamates (subject to hydrolysis) is 1. The van der Waals surface area contributed by atoms with E-state index in [1.807, 2.05) is 41.7 Å². The largest absolute Gasteiger partial charge is 0.461 e. The smallest absolute Gasteiger partial charge is 0.449 e. The number of nitrogens with one attached hydrogen (secondary N) is 2. The number of alkyl halides is 7. The van der Waals surface area contributed by atoms with Crippen molar-refractivity contribution in [1.82, 2.24) is 10.6 Å². The highest BCUT2D eigenvalue weighted by Crippen LogP contribution is 2.45. The van der Waals surface area contributed by atoms with Crippen LogP contribution in [0.25, 0.3) is 11.1 Å². The summed E-state index contributed by atoms with van der Waals surface area (Å²) in [5.41, 5.74) is 0.921. The Kier molecular flexibility index (Phi) is 11.3. The van der Waals surface area contributed by atoms with Gasteiger partial charge in [-0.25, -0.2) is 13.6 Å². The Morgan fingerprint density at radius 1 is 0.696 bits per heavy atom. The molecule has 0 spiro atoms. The lowest BCUT2D eigenvalue weighted by Gasteiger charge is -2.38. The third kappa shape index (κ3) is 8.93. The average molecular weight is 787 g/mol. The number of rotatable bonds is 13. The normalized spacial score (nSPS) is 14.3. The summed E-state index contributed by atoms with van der Waals surface area (Å²) in [5.74, 6) is -5.22. The number of carbonyl (C=O) groups is 2. The molecule has 6 rings (SSSR count).